The van der Waals surface area contributed by atoms with Crippen molar-refractivity contribution in [2.24, 2.45) is 4.99 Å². The smallest absolute Gasteiger partial charge is 0.338 e. The van der Waals surface area contributed by atoms with Crippen LogP contribution >= 0.6 is 27.3 Å². The van der Waals surface area contributed by atoms with E-state index in [2.05, 4.69) is 20.9 Å². The van der Waals surface area contributed by atoms with Gasteiger partial charge in [-0.3, -0.25) is 14.2 Å². The fraction of sp³-hybridized carbons (Fsp3) is 0.333. The van der Waals surface area contributed by atoms with E-state index in [1.807, 2.05) is 45.0 Å². The molecular formula is C30H30BrN3O6S. The zero-order chi connectivity index (χ0) is 29.6. The second-order valence-electron chi connectivity index (χ2n) is 9.74. The maximum Gasteiger partial charge on any atom is 0.338 e. The summed E-state index contributed by atoms with van der Waals surface area (Å²) in [5.74, 6) is 0.139. The van der Waals surface area contributed by atoms with Crippen LogP contribution in [0.15, 0.2) is 61.9 Å². The molecule has 1 amide bonds. The number of nitrogens with zero attached hydrogens (tertiary/aromatic N) is 3. The van der Waals surface area contributed by atoms with Crippen molar-refractivity contribution in [3.63, 3.8) is 0 Å². The number of esters is 1. The number of methoxy groups -OCH3 is 1. The number of rotatable bonds is 7. The van der Waals surface area contributed by atoms with E-state index >= 15 is 0 Å². The molecule has 2 aromatic carbocycles. The van der Waals surface area contributed by atoms with Crippen molar-refractivity contribution in [1.29, 1.82) is 0 Å². The van der Waals surface area contributed by atoms with E-state index < -0.39 is 17.6 Å². The maximum atomic E-state index is 14.4. The molecule has 3 heterocycles. The van der Waals surface area contributed by atoms with Gasteiger partial charge in [-0.25, -0.2) is 9.79 Å². The average molecular weight is 641 g/mol. The van der Waals surface area contributed by atoms with Gasteiger partial charge in [-0.1, -0.05) is 45.5 Å². The number of hydrogen-bond donors (Lipinski definition) is 0. The lowest BCUT2D eigenvalue weighted by Gasteiger charge is -2.26. The fourth-order valence-corrected chi connectivity index (χ4v) is 6.97. The number of amides is 1. The zero-order valence-electron chi connectivity index (χ0n) is 23.6. The van der Waals surface area contributed by atoms with Gasteiger partial charge in [0.2, 0.25) is 0 Å². The number of benzene rings is 2. The summed E-state index contributed by atoms with van der Waals surface area (Å²) >= 11 is 4.77. The number of hydrogen-bond acceptors (Lipinski definition) is 8. The van der Waals surface area contributed by atoms with E-state index in [9.17, 15) is 14.4 Å². The molecule has 2 aliphatic heterocycles. The molecule has 0 N–H and O–H groups in total. The van der Waals surface area contributed by atoms with E-state index in [4.69, 9.17) is 14.2 Å². The van der Waals surface area contributed by atoms with Gasteiger partial charge >= 0.3 is 5.97 Å². The predicted octanol–water partition coefficient (Wildman–Crippen LogP) is 4.09. The second kappa shape index (κ2) is 11.3. The molecule has 0 fully saturated rings. The highest BCUT2D eigenvalue weighted by Crippen LogP contribution is 2.41. The summed E-state index contributed by atoms with van der Waals surface area (Å²) in [5, 5.41) is 0. The number of anilines is 1. The Morgan fingerprint density at radius 3 is 2.51 bits per heavy atom. The lowest BCUT2D eigenvalue weighted by Crippen LogP contribution is -2.41. The third-order valence-corrected chi connectivity index (χ3v) is 8.72. The molecule has 11 heteroatoms. The number of halogens is 1. The molecule has 0 bridgehead atoms. The van der Waals surface area contributed by atoms with Crippen LogP contribution in [-0.2, 0) is 14.3 Å². The quantitative estimate of drug-likeness (QED) is 0.361. The normalized spacial score (nSPS) is 17.4. The SMILES string of the molecule is CCOC(=O)C1=C(C)N=c2s/c(=C3/C(=O)N(C(C)C)c4ccccc43)c(=O)n2[C@H]1c1cc(OCC)c(OC)cc1Br. The summed E-state index contributed by atoms with van der Waals surface area (Å²) in [6.07, 6.45) is 0. The Morgan fingerprint density at radius 2 is 1.85 bits per heavy atom. The number of carbonyl (C=O) groups excluding carboxylic acids is 2. The predicted molar refractivity (Wildman–Crippen MR) is 160 cm³/mol. The molecule has 3 aromatic rings. The number of carbonyl (C=O) groups is 2. The van der Waals surface area contributed by atoms with Crippen LogP contribution in [0.25, 0.3) is 5.57 Å². The minimum Gasteiger partial charge on any atom is -0.493 e. The van der Waals surface area contributed by atoms with Crippen LogP contribution in [0.1, 0.15) is 51.8 Å². The first-order chi connectivity index (χ1) is 19.6. The van der Waals surface area contributed by atoms with E-state index in [1.165, 1.54) is 4.57 Å². The Balaban J connectivity index is 1.85. The van der Waals surface area contributed by atoms with E-state index in [0.29, 0.717) is 49.8 Å². The molecule has 0 unspecified atom stereocenters. The van der Waals surface area contributed by atoms with Gasteiger partial charge in [0.15, 0.2) is 16.3 Å². The van der Waals surface area contributed by atoms with Crippen LogP contribution in [0, 0.1) is 0 Å². The summed E-state index contributed by atoms with van der Waals surface area (Å²) in [6, 6.07) is 9.95. The topological polar surface area (TPSA) is 99.4 Å². The number of thiazole rings is 1. The Bertz CT molecular complexity index is 1790. The number of allylic oxidation sites excluding steroid dienone is 1. The van der Waals surface area contributed by atoms with Crippen molar-refractivity contribution >= 4 is 50.4 Å². The molecule has 0 radical (unpaired) electrons. The third kappa shape index (κ3) is 4.70. The minimum atomic E-state index is -0.896. The summed E-state index contributed by atoms with van der Waals surface area (Å²) < 4.78 is 19.1. The van der Waals surface area contributed by atoms with Crippen LogP contribution in [0.2, 0.25) is 0 Å². The number of aromatic nitrogens is 1. The van der Waals surface area contributed by atoms with Crippen LogP contribution in [-0.4, -0.2) is 42.8 Å². The average Bonchev–Trinajstić information content (AvgIpc) is 3.41. The highest BCUT2D eigenvalue weighted by atomic mass is 79.9. The standard InChI is InChI=1S/C30H30BrN3O6S/c1-7-39-22-13-18(19(31)14-21(22)38-6)25-23(29(37)40-8-2)16(5)32-30-34(25)28(36)26(41-30)24-17-11-9-10-12-20(17)33(15(3)4)27(24)35/h9-15,25H,7-8H2,1-6H3/b26-24+/t25-/m0/s1. The molecule has 9 nitrogen and oxygen atoms in total. The van der Waals surface area contributed by atoms with Crippen LogP contribution < -0.4 is 29.3 Å². The van der Waals surface area contributed by atoms with Crippen molar-refractivity contribution in [3.05, 3.63) is 83.0 Å². The van der Waals surface area contributed by atoms with Crippen molar-refractivity contribution in [3.8, 4) is 11.5 Å². The number of para-hydroxylation sites is 1. The van der Waals surface area contributed by atoms with Crippen molar-refractivity contribution in [2.45, 2.75) is 46.7 Å². The monoisotopic (exact) mass is 639 g/mol. The van der Waals surface area contributed by atoms with Gasteiger partial charge in [0.1, 0.15) is 4.53 Å². The van der Waals surface area contributed by atoms with Crippen LogP contribution in [0.5, 0.6) is 11.5 Å². The first-order valence-corrected chi connectivity index (χ1v) is 14.9. The van der Waals surface area contributed by atoms with Crippen LogP contribution in [0.3, 0.4) is 0 Å². The third-order valence-electron chi connectivity index (χ3n) is 6.98. The highest BCUT2D eigenvalue weighted by Gasteiger charge is 2.39. The first kappa shape index (κ1) is 28.8. The lowest BCUT2D eigenvalue weighted by molar-refractivity contribution is -0.139. The van der Waals surface area contributed by atoms with E-state index in [0.717, 1.165) is 17.0 Å². The Labute approximate surface area is 249 Å². The Morgan fingerprint density at radius 1 is 1.12 bits per heavy atom. The summed E-state index contributed by atoms with van der Waals surface area (Å²) in [7, 11) is 1.54. The molecule has 214 valence electrons. The molecule has 0 saturated heterocycles. The van der Waals surface area contributed by atoms with Gasteiger partial charge in [-0.2, -0.15) is 0 Å². The van der Waals surface area contributed by atoms with Gasteiger partial charge in [-0.05, 0) is 58.4 Å². The zero-order valence-corrected chi connectivity index (χ0v) is 26.0. The molecule has 0 spiro atoms. The summed E-state index contributed by atoms with van der Waals surface area (Å²) in [4.78, 5) is 48.3. The van der Waals surface area contributed by atoms with Gasteiger partial charge in [-0.15, -0.1) is 0 Å². The Hall–Kier alpha value is -3.70. The molecule has 0 aliphatic carbocycles. The van der Waals surface area contributed by atoms with Crippen molar-refractivity contribution in [2.75, 3.05) is 25.2 Å². The van der Waals surface area contributed by atoms with Gasteiger partial charge in [0, 0.05) is 16.1 Å². The molecular weight excluding hydrogens is 610 g/mol. The second-order valence-corrected chi connectivity index (χ2v) is 11.6. The molecule has 5 rings (SSSR count). The van der Waals surface area contributed by atoms with Gasteiger partial charge in [0.05, 0.1) is 48.9 Å². The molecule has 41 heavy (non-hydrogen) atoms. The molecule has 1 atom stereocenters. The lowest BCUT2D eigenvalue weighted by atomic mass is 9.95. The van der Waals surface area contributed by atoms with Gasteiger partial charge < -0.3 is 19.1 Å². The largest absolute Gasteiger partial charge is 0.493 e. The van der Waals surface area contributed by atoms with E-state index in [-0.39, 0.29) is 28.7 Å². The minimum absolute atomic E-state index is 0.109. The Kier molecular flexibility index (Phi) is 7.93. The molecule has 0 saturated carbocycles. The van der Waals surface area contributed by atoms with Crippen molar-refractivity contribution in [1.82, 2.24) is 4.57 Å². The van der Waals surface area contributed by atoms with E-state index in [1.54, 1.807) is 38.0 Å². The summed E-state index contributed by atoms with van der Waals surface area (Å²) in [5.41, 5.74) is 2.61. The number of fused-ring (bicyclic) bond motifs is 2. The van der Waals surface area contributed by atoms with Gasteiger partial charge in [0.25, 0.3) is 11.5 Å². The molecule has 2 aliphatic rings. The number of ether oxygens (including phenoxy) is 3. The van der Waals surface area contributed by atoms with Crippen molar-refractivity contribution < 1.29 is 23.8 Å². The summed E-state index contributed by atoms with van der Waals surface area (Å²) in [6.45, 7) is 9.71. The first-order valence-electron chi connectivity index (χ1n) is 13.3. The fourth-order valence-electron chi connectivity index (χ4n) is 5.30. The maximum absolute atomic E-state index is 14.4. The highest BCUT2D eigenvalue weighted by molar-refractivity contribution is 9.10. The van der Waals surface area contributed by atoms with Crippen LogP contribution in [0.4, 0.5) is 5.69 Å². The molecule has 1 aromatic heterocycles.